The molecule has 4 rings (SSSR count). The molecule has 1 N–H and O–H groups in total. The molecule has 3 aromatic heterocycles. The summed E-state index contributed by atoms with van der Waals surface area (Å²) in [6.07, 6.45) is 0.799. The first-order valence-corrected chi connectivity index (χ1v) is 8.53. The van der Waals surface area contributed by atoms with Crippen molar-refractivity contribution in [1.82, 2.24) is 24.5 Å². The molecule has 0 spiro atoms. The zero-order valence-electron chi connectivity index (χ0n) is 15.0. The number of aryl methyl sites for hydroxylation is 3. The van der Waals surface area contributed by atoms with Crippen LogP contribution < -0.4 is 0 Å². The molecule has 1 amide bonds. The zero-order valence-corrected chi connectivity index (χ0v) is 15.0. The number of amides is 1. The molecule has 1 aliphatic heterocycles. The van der Waals surface area contributed by atoms with Gasteiger partial charge in [0.05, 0.1) is 35.7 Å². The number of hydrogen-bond donors (Lipinski definition) is 1. The zero-order chi connectivity index (χ0) is 18.4. The molecule has 1 atom stereocenters. The van der Waals surface area contributed by atoms with Gasteiger partial charge in [0.2, 0.25) is 0 Å². The quantitative estimate of drug-likeness (QED) is 0.770. The number of furan rings is 1. The maximum atomic E-state index is 12.8. The van der Waals surface area contributed by atoms with E-state index in [2.05, 4.69) is 10.2 Å². The van der Waals surface area contributed by atoms with Crippen molar-refractivity contribution in [2.24, 2.45) is 7.05 Å². The normalized spacial score (nSPS) is 15.2. The van der Waals surface area contributed by atoms with Crippen LogP contribution in [0.3, 0.4) is 0 Å². The highest BCUT2D eigenvalue weighted by molar-refractivity contribution is 5.95. The number of nitrogens with zero attached hydrogens (tertiary/aromatic N) is 5. The first kappa shape index (κ1) is 16.6. The highest BCUT2D eigenvalue weighted by Gasteiger charge is 2.27. The van der Waals surface area contributed by atoms with Crippen LogP contribution in [0.15, 0.2) is 28.8 Å². The van der Waals surface area contributed by atoms with Crippen LogP contribution in [0.2, 0.25) is 0 Å². The van der Waals surface area contributed by atoms with Crippen molar-refractivity contribution in [3.63, 3.8) is 0 Å². The summed E-state index contributed by atoms with van der Waals surface area (Å²) >= 11 is 0. The topological polar surface area (TPSA) is 89.3 Å². The minimum absolute atomic E-state index is 0.0412. The Morgan fingerprint density at radius 3 is 2.77 bits per heavy atom. The van der Waals surface area contributed by atoms with Gasteiger partial charge in [-0.2, -0.15) is 10.2 Å². The van der Waals surface area contributed by atoms with Crippen LogP contribution in [0.5, 0.6) is 0 Å². The second kappa shape index (κ2) is 6.14. The van der Waals surface area contributed by atoms with Gasteiger partial charge in [0.25, 0.3) is 5.91 Å². The van der Waals surface area contributed by atoms with E-state index in [1.807, 2.05) is 17.7 Å². The van der Waals surface area contributed by atoms with Gasteiger partial charge in [0.15, 0.2) is 0 Å². The van der Waals surface area contributed by atoms with Crippen LogP contribution in [-0.2, 0) is 20.1 Å². The third-order valence-electron chi connectivity index (χ3n) is 4.79. The van der Waals surface area contributed by atoms with E-state index >= 15 is 0 Å². The summed E-state index contributed by atoms with van der Waals surface area (Å²) in [7, 11) is 1.78. The SMILES string of the molecule is Cc1cc(C(=O)N2CCn3nc([C@H](O)c4ccnn4C)cc3C2)c(C)o1. The van der Waals surface area contributed by atoms with Gasteiger partial charge in [-0.3, -0.25) is 14.2 Å². The Kier molecular flexibility index (Phi) is 3.91. The fourth-order valence-corrected chi connectivity index (χ4v) is 3.41. The van der Waals surface area contributed by atoms with Crippen molar-refractivity contribution in [1.29, 1.82) is 0 Å². The minimum Gasteiger partial charge on any atom is -0.466 e. The van der Waals surface area contributed by atoms with E-state index in [0.717, 1.165) is 11.5 Å². The first-order valence-electron chi connectivity index (χ1n) is 8.53. The first-order chi connectivity index (χ1) is 12.4. The van der Waals surface area contributed by atoms with Crippen molar-refractivity contribution in [3.05, 3.63) is 58.6 Å². The number of carbonyl (C=O) groups excluding carboxylic acids is 1. The molecule has 26 heavy (non-hydrogen) atoms. The van der Waals surface area contributed by atoms with Crippen molar-refractivity contribution in [2.45, 2.75) is 33.0 Å². The molecule has 0 aromatic carbocycles. The number of aliphatic hydroxyl groups is 1. The van der Waals surface area contributed by atoms with Crippen LogP contribution in [0.1, 0.15) is 45.1 Å². The van der Waals surface area contributed by atoms with Gasteiger partial charge >= 0.3 is 0 Å². The number of hydrogen-bond acceptors (Lipinski definition) is 5. The molecule has 3 aromatic rings. The maximum absolute atomic E-state index is 12.8. The summed E-state index contributed by atoms with van der Waals surface area (Å²) in [5, 5.41) is 19.2. The summed E-state index contributed by atoms with van der Waals surface area (Å²) in [4.78, 5) is 14.6. The standard InChI is InChI=1S/C18H21N5O3/c1-11-8-14(12(2)26-11)18(25)22-6-7-23-13(10-22)9-15(20-23)17(24)16-4-5-19-21(16)3/h4-5,8-9,17,24H,6-7,10H2,1-3H3/t17-/m0/s1. The monoisotopic (exact) mass is 355 g/mol. The Morgan fingerprint density at radius 2 is 2.12 bits per heavy atom. The molecule has 136 valence electrons. The molecule has 1 aliphatic rings. The van der Waals surface area contributed by atoms with E-state index in [4.69, 9.17) is 4.42 Å². The van der Waals surface area contributed by atoms with Crippen molar-refractivity contribution in [3.8, 4) is 0 Å². The van der Waals surface area contributed by atoms with Gasteiger partial charge in [-0.15, -0.1) is 0 Å². The Labute approximate surface area is 150 Å². The van der Waals surface area contributed by atoms with E-state index in [0.29, 0.717) is 42.3 Å². The fraction of sp³-hybridized carbons (Fsp3) is 0.389. The number of aromatic nitrogens is 4. The lowest BCUT2D eigenvalue weighted by Crippen LogP contribution is -2.38. The highest BCUT2D eigenvalue weighted by atomic mass is 16.3. The van der Waals surface area contributed by atoms with Gasteiger partial charge in [-0.1, -0.05) is 0 Å². The van der Waals surface area contributed by atoms with Gasteiger partial charge in [-0.05, 0) is 32.0 Å². The van der Waals surface area contributed by atoms with Gasteiger partial charge < -0.3 is 14.4 Å². The molecule has 0 saturated heterocycles. The second-order valence-corrected chi connectivity index (χ2v) is 6.62. The van der Waals surface area contributed by atoms with E-state index < -0.39 is 6.10 Å². The number of rotatable bonds is 3. The molecule has 8 heteroatoms. The summed E-state index contributed by atoms with van der Waals surface area (Å²) < 4.78 is 8.96. The minimum atomic E-state index is -0.844. The largest absolute Gasteiger partial charge is 0.466 e. The van der Waals surface area contributed by atoms with Crippen LogP contribution in [0.4, 0.5) is 0 Å². The predicted octanol–water partition coefficient (Wildman–Crippen LogP) is 1.56. The molecule has 0 bridgehead atoms. The summed E-state index contributed by atoms with van der Waals surface area (Å²) in [6.45, 7) is 5.25. The molecular formula is C18H21N5O3. The summed E-state index contributed by atoms with van der Waals surface area (Å²) in [5.41, 5.74) is 2.75. The third kappa shape index (κ3) is 2.72. The van der Waals surface area contributed by atoms with E-state index in [9.17, 15) is 9.90 Å². The second-order valence-electron chi connectivity index (χ2n) is 6.62. The fourth-order valence-electron chi connectivity index (χ4n) is 3.41. The molecule has 0 fully saturated rings. The smallest absolute Gasteiger partial charge is 0.257 e. The van der Waals surface area contributed by atoms with Crippen molar-refractivity contribution < 1.29 is 14.3 Å². The third-order valence-corrected chi connectivity index (χ3v) is 4.79. The Morgan fingerprint density at radius 1 is 1.31 bits per heavy atom. The maximum Gasteiger partial charge on any atom is 0.257 e. The van der Waals surface area contributed by atoms with Crippen LogP contribution in [0, 0.1) is 13.8 Å². The average Bonchev–Trinajstić information content (AvgIpc) is 3.31. The molecule has 8 nitrogen and oxygen atoms in total. The summed E-state index contributed by atoms with van der Waals surface area (Å²) in [6, 6.07) is 5.40. The van der Waals surface area contributed by atoms with Crippen LogP contribution in [-0.4, -0.2) is 42.0 Å². The van der Waals surface area contributed by atoms with E-state index in [-0.39, 0.29) is 5.91 Å². The van der Waals surface area contributed by atoms with E-state index in [1.165, 1.54) is 0 Å². The van der Waals surface area contributed by atoms with Gasteiger partial charge in [-0.25, -0.2) is 0 Å². The van der Waals surface area contributed by atoms with Crippen molar-refractivity contribution in [2.75, 3.05) is 6.54 Å². The molecule has 0 saturated carbocycles. The lowest BCUT2D eigenvalue weighted by Gasteiger charge is -2.27. The average molecular weight is 355 g/mol. The molecular weight excluding hydrogens is 334 g/mol. The lowest BCUT2D eigenvalue weighted by molar-refractivity contribution is 0.0704. The van der Waals surface area contributed by atoms with Gasteiger partial charge in [0, 0.05) is 19.8 Å². The predicted molar refractivity (Wildman–Crippen MR) is 92.4 cm³/mol. The van der Waals surface area contributed by atoms with Crippen LogP contribution in [0.25, 0.3) is 0 Å². The Hall–Kier alpha value is -2.87. The molecule has 0 radical (unpaired) electrons. The van der Waals surface area contributed by atoms with Crippen molar-refractivity contribution >= 4 is 5.91 Å². The lowest BCUT2D eigenvalue weighted by atomic mass is 10.1. The van der Waals surface area contributed by atoms with Crippen LogP contribution >= 0.6 is 0 Å². The van der Waals surface area contributed by atoms with E-state index in [1.54, 1.807) is 41.9 Å². The summed E-state index contributed by atoms with van der Waals surface area (Å²) in [5.74, 6) is 1.33. The number of fused-ring (bicyclic) bond motifs is 1. The Balaban J connectivity index is 1.56. The van der Waals surface area contributed by atoms with Gasteiger partial charge in [0.1, 0.15) is 17.6 Å². The number of aliphatic hydroxyl groups excluding tert-OH is 1. The molecule has 0 unspecified atom stereocenters. The highest BCUT2D eigenvalue weighted by Crippen LogP contribution is 2.24. The molecule has 4 heterocycles. The Bertz CT molecular complexity index is 968. The number of carbonyl (C=O) groups is 1. The molecule has 0 aliphatic carbocycles.